The number of piperidine rings is 1. The van der Waals surface area contributed by atoms with Crippen molar-refractivity contribution < 1.29 is 19.0 Å². The second-order valence-electron chi connectivity index (χ2n) is 8.21. The largest absolute Gasteiger partial charge is 0.493 e. The number of hydrogen-bond donors (Lipinski definition) is 1. The standard InChI is InChI=1S/C24H38N4O4.HI/c1-3-25-24(26-19-20-6-4-7-22(18-20)32-15-5-14-30-2)28-10-8-21(9-11-28)23(29)27-12-16-31-17-13-27;/h4,6-7,18,21H,3,5,8-17,19H2,1-2H3,(H,25,26);1H. The van der Waals surface area contributed by atoms with Crippen molar-refractivity contribution in [2.75, 3.05) is 66.3 Å². The highest BCUT2D eigenvalue weighted by Crippen LogP contribution is 2.21. The lowest BCUT2D eigenvalue weighted by atomic mass is 9.95. The van der Waals surface area contributed by atoms with Crippen LogP contribution in [0, 0.1) is 5.92 Å². The minimum atomic E-state index is 0. The van der Waals surface area contributed by atoms with Crippen molar-refractivity contribution in [1.29, 1.82) is 0 Å². The molecule has 1 aromatic carbocycles. The lowest BCUT2D eigenvalue weighted by Crippen LogP contribution is -2.50. The molecule has 9 heteroatoms. The molecule has 2 aliphatic rings. The Balaban J connectivity index is 0.00000385. The predicted molar refractivity (Wildman–Crippen MR) is 140 cm³/mol. The van der Waals surface area contributed by atoms with Gasteiger partial charge in [-0.15, -0.1) is 24.0 Å². The Hall–Kier alpha value is -1.59. The number of ether oxygens (including phenoxy) is 3. The number of carbonyl (C=O) groups excluding carboxylic acids is 1. The van der Waals surface area contributed by atoms with Crippen LogP contribution in [0.2, 0.25) is 0 Å². The average Bonchev–Trinajstić information content (AvgIpc) is 2.85. The number of amides is 1. The van der Waals surface area contributed by atoms with E-state index < -0.39 is 0 Å². The number of halogens is 1. The maximum atomic E-state index is 12.8. The molecule has 0 saturated carbocycles. The molecule has 2 aliphatic heterocycles. The SMILES string of the molecule is CCNC(=NCc1cccc(OCCCOC)c1)N1CCC(C(=O)N2CCOCC2)CC1.I. The van der Waals surface area contributed by atoms with E-state index in [1.807, 2.05) is 23.1 Å². The Bertz CT molecular complexity index is 735. The van der Waals surface area contributed by atoms with Crippen LogP contribution in [0.3, 0.4) is 0 Å². The van der Waals surface area contributed by atoms with E-state index in [1.165, 1.54) is 0 Å². The number of aliphatic imine (C=N–C) groups is 1. The normalized spacial score (nSPS) is 17.5. The van der Waals surface area contributed by atoms with E-state index in [1.54, 1.807) is 7.11 Å². The summed E-state index contributed by atoms with van der Waals surface area (Å²) in [4.78, 5) is 21.9. The highest BCUT2D eigenvalue weighted by atomic mass is 127. The summed E-state index contributed by atoms with van der Waals surface area (Å²) >= 11 is 0. The van der Waals surface area contributed by atoms with E-state index in [0.717, 1.165) is 69.3 Å². The quantitative estimate of drug-likeness (QED) is 0.212. The Morgan fingerprint density at radius 1 is 1.15 bits per heavy atom. The lowest BCUT2D eigenvalue weighted by Gasteiger charge is -2.36. The first kappa shape index (κ1) is 27.7. The summed E-state index contributed by atoms with van der Waals surface area (Å²) in [6, 6.07) is 8.10. The van der Waals surface area contributed by atoms with Gasteiger partial charge in [0.1, 0.15) is 5.75 Å². The van der Waals surface area contributed by atoms with E-state index in [4.69, 9.17) is 19.2 Å². The Morgan fingerprint density at radius 3 is 2.61 bits per heavy atom. The molecule has 2 saturated heterocycles. The number of methoxy groups -OCH3 is 1. The minimum absolute atomic E-state index is 0. The van der Waals surface area contributed by atoms with Crippen molar-refractivity contribution in [1.82, 2.24) is 15.1 Å². The fourth-order valence-corrected chi connectivity index (χ4v) is 4.10. The van der Waals surface area contributed by atoms with Crippen molar-refractivity contribution in [2.45, 2.75) is 32.7 Å². The molecule has 1 amide bonds. The summed E-state index contributed by atoms with van der Waals surface area (Å²) in [5, 5.41) is 3.41. The molecule has 3 rings (SSSR count). The van der Waals surface area contributed by atoms with E-state index in [-0.39, 0.29) is 35.8 Å². The predicted octanol–water partition coefficient (Wildman–Crippen LogP) is 2.76. The van der Waals surface area contributed by atoms with Gasteiger partial charge in [-0.1, -0.05) is 12.1 Å². The molecule has 33 heavy (non-hydrogen) atoms. The Labute approximate surface area is 215 Å². The molecule has 0 bridgehead atoms. The van der Waals surface area contributed by atoms with Crippen molar-refractivity contribution in [3.8, 4) is 5.75 Å². The van der Waals surface area contributed by atoms with Crippen LogP contribution in [0.1, 0.15) is 31.7 Å². The summed E-state index contributed by atoms with van der Waals surface area (Å²) in [6.45, 7) is 9.26. The summed E-state index contributed by atoms with van der Waals surface area (Å²) in [5.41, 5.74) is 1.11. The number of rotatable bonds is 9. The summed E-state index contributed by atoms with van der Waals surface area (Å²) in [5.74, 6) is 2.17. The van der Waals surface area contributed by atoms with Gasteiger partial charge in [-0.2, -0.15) is 0 Å². The number of carbonyl (C=O) groups is 1. The molecule has 0 spiro atoms. The van der Waals surface area contributed by atoms with Crippen LogP contribution in [-0.4, -0.2) is 87.9 Å². The van der Waals surface area contributed by atoms with E-state index in [2.05, 4.69) is 23.2 Å². The molecule has 1 N–H and O–H groups in total. The highest BCUT2D eigenvalue weighted by molar-refractivity contribution is 14.0. The van der Waals surface area contributed by atoms with Gasteiger partial charge in [-0.25, -0.2) is 4.99 Å². The third kappa shape index (κ3) is 8.94. The fourth-order valence-electron chi connectivity index (χ4n) is 4.10. The van der Waals surface area contributed by atoms with E-state index in [9.17, 15) is 4.79 Å². The van der Waals surface area contributed by atoms with Gasteiger partial charge in [0.25, 0.3) is 0 Å². The van der Waals surface area contributed by atoms with Gasteiger partial charge in [0.05, 0.1) is 26.4 Å². The molecule has 8 nitrogen and oxygen atoms in total. The molecule has 0 aliphatic carbocycles. The van der Waals surface area contributed by atoms with Gasteiger partial charge >= 0.3 is 0 Å². The number of morpholine rings is 1. The smallest absolute Gasteiger partial charge is 0.225 e. The third-order valence-electron chi connectivity index (χ3n) is 5.87. The molecule has 1 aromatic rings. The van der Waals surface area contributed by atoms with Crippen LogP contribution in [0.5, 0.6) is 5.75 Å². The van der Waals surface area contributed by atoms with Crippen molar-refractivity contribution >= 4 is 35.8 Å². The zero-order chi connectivity index (χ0) is 22.6. The van der Waals surface area contributed by atoms with Gasteiger partial charge < -0.3 is 29.3 Å². The lowest BCUT2D eigenvalue weighted by molar-refractivity contribution is -0.140. The van der Waals surface area contributed by atoms with Gasteiger partial charge in [0.2, 0.25) is 5.91 Å². The number of guanidine groups is 1. The summed E-state index contributed by atoms with van der Waals surface area (Å²) in [6.07, 6.45) is 2.60. The molecule has 186 valence electrons. The van der Waals surface area contributed by atoms with Crippen LogP contribution in [-0.2, 0) is 20.8 Å². The fraction of sp³-hybridized carbons (Fsp3) is 0.667. The number of nitrogens with zero attached hydrogens (tertiary/aromatic N) is 3. The van der Waals surface area contributed by atoms with Crippen LogP contribution in [0.15, 0.2) is 29.3 Å². The van der Waals surface area contributed by atoms with Gasteiger partial charge in [-0.3, -0.25) is 4.79 Å². The second-order valence-corrected chi connectivity index (χ2v) is 8.21. The number of hydrogen-bond acceptors (Lipinski definition) is 5. The minimum Gasteiger partial charge on any atom is -0.493 e. The Morgan fingerprint density at radius 2 is 1.91 bits per heavy atom. The maximum Gasteiger partial charge on any atom is 0.225 e. The summed E-state index contributed by atoms with van der Waals surface area (Å²) < 4.78 is 16.2. The molecule has 2 fully saturated rings. The number of benzene rings is 1. The van der Waals surface area contributed by atoms with Crippen molar-refractivity contribution in [3.05, 3.63) is 29.8 Å². The molecule has 0 unspecified atom stereocenters. The first-order chi connectivity index (χ1) is 15.7. The van der Waals surface area contributed by atoms with Gasteiger partial charge in [0, 0.05) is 58.8 Å². The zero-order valence-electron chi connectivity index (χ0n) is 20.0. The molecule has 0 aromatic heterocycles. The topological polar surface area (TPSA) is 75.6 Å². The molecular formula is C24H39IN4O4. The average molecular weight is 575 g/mol. The van der Waals surface area contributed by atoms with E-state index in [0.29, 0.717) is 33.0 Å². The molecule has 0 radical (unpaired) electrons. The van der Waals surface area contributed by atoms with Gasteiger partial charge in [0.15, 0.2) is 5.96 Å². The van der Waals surface area contributed by atoms with Crippen LogP contribution >= 0.6 is 24.0 Å². The number of nitrogens with one attached hydrogen (secondary N) is 1. The first-order valence-corrected chi connectivity index (χ1v) is 11.8. The van der Waals surface area contributed by atoms with E-state index >= 15 is 0 Å². The van der Waals surface area contributed by atoms with Crippen molar-refractivity contribution in [3.63, 3.8) is 0 Å². The van der Waals surface area contributed by atoms with Crippen LogP contribution in [0.4, 0.5) is 0 Å². The summed E-state index contributed by atoms with van der Waals surface area (Å²) in [7, 11) is 1.70. The third-order valence-corrected chi connectivity index (χ3v) is 5.87. The monoisotopic (exact) mass is 574 g/mol. The van der Waals surface area contributed by atoms with Crippen LogP contribution < -0.4 is 10.1 Å². The maximum absolute atomic E-state index is 12.8. The Kier molecular flexibility index (Phi) is 12.9. The highest BCUT2D eigenvalue weighted by Gasteiger charge is 2.30. The van der Waals surface area contributed by atoms with Crippen LogP contribution in [0.25, 0.3) is 0 Å². The van der Waals surface area contributed by atoms with Crippen molar-refractivity contribution in [2.24, 2.45) is 10.9 Å². The van der Waals surface area contributed by atoms with Gasteiger partial charge in [-0.05, 0) is 37.5 Å². The zero-order valence-corrected chi connectivity index (χ0v) is 22.3. The molecule has 0 atom stereocenters. The molecule has 2 heterocycles. The second kappa shape index (κ2) is 15.3. The molecular weight excluding hydrogens is 535 g/mol. The number of likely N-dealkylation sites (tertiary alicyclic amines) is 1. The first-order valence-electron chi connectivity index (χ1n) is 11.8.